The highest BCUT2D eigenvalue weighted by Crippen LogP contribution is 2.27. The SMILES string of the molecule is CN=C(NCc1cccc(Cl)c1)NCc1ccc(OC)c(OC)c1. The lowest BCUT2D eigenvalue weighted by Gasteiger charge is -2.13. The quantitative estimate of drug-likeness (QED) is 0.622. The molecule has 0 saturated heterocycles. The largest absolute Gasteiger partial charge is 0.493 e. The maximum Gasteiger partial charge on any atom is 0.191 e. The predicted molar refractivity (Wildman–Crippen MR) is 98.0 cm³/mol. The molecule has 0 heterocycles. The van der Waals surface area contributed by atoms with Crippen LogP contribution in [0.25, 0.3) is 0 Å². The molecule has 128 valence electrons. The first kappa shape index (κ1) is 17.9. The Hall–Kier alpha value is -2.40. The summed E-state index contributed by atoms with van der Waals surface area (Å²) >= 11 is 5.99. The molecule has 2 rings (SSSR count). The molecule has 0 unspecified atom stereocenters. The zero-order valence-corrected chi connectivity index (χ0v) is 14.9. The maximum absolute atomic E-state index is 5.99. The second-order valence-corrected chi connectivity index (χ2v) is 5.54. The third-order valence-electron chi connectivity index (χ3n) is 3.48. The fraction of sp³-hybridized carbons (Fsp3) is 0.278. The van der Waals surface area contributed by atoms with E-state index in [0.717, 1.165) is 16.1 Å². The van der Waals surface area contributed by atoms with Gasteiger partial charge in [0.2, 0.25) is 0 Å². The number of hydrogen-bond acceptors (Lipinski definition) is 3. The molecule has 2 aromatic rings. The van der Waals surface area contributed by atoms with Gasteiger partial charge in [0, 0.05) is 25.2 Å². The fourth-order valence-electron chi connectivity index (χ4n) is 2.23. The summed E-state index contributed by atoms with van der Waals surface area (Å²) in [7, 11) is 4.99. The topological polar surface area (TPSA) is 54.9 Å². The van der Waals surface area contributed by atoms with Gasteiger partial charge in [0.15, 0.2) is 17.5 Å². The van der Waals surface area contributed by atoms with Crippen LogP contribution in [0.1, 0.15) is 11.1 Å². The first-order valence-corrected chi connectivity index (χ1v) is 7.94. The number of nitrogens with zero attached hydrogens (tertiary/aromatic N) is 1. The summed E-state index contributed by atoms with van der Waals surface area (Å²) in [6.45, 7) is 1.27. The van der Waals surface area contributed by atoms with Gasteiger partial charge in [-0.1, -0.05) is 29.8 Å². The minimum absolute atomic E-state index is 0.621. The number of benzene rings is 2. The molecule has 0 fully saturated rings. The van der Waals surface area contributed by atoms with Crippen LogP contribution < -0.4 is 20.1 Å². The lowest BCUT2D eigenvalue weighted by molar-refractivity contribution is 0.354. The van der Waals surface area contributed by atoms with Gasteiger partial charge in [0.1, 0.15) is 0 Å². The van der Waals surface area contributed by atoms with Gasteiger partial charge in [-0.25, -0.2) is 0 Å². The molecule has 24 heavy (non-hydrogen) atoms. The van der Waals surface area contributed by atoms with E-state index in [1.807, 2.05) is 42.5 Å². The molecule has 5 nitrogen and oxygen atoms in total. The van der Waals surface area contributed by atoms with Crippen LogP contribution >= 0.6 is 11.6 Å². The summed E-state index contributed by atoms with van der Waals surface area (Å²) in [5.41, 5.74) is 2.16. The Bertz CT molecular complexity index is 704. The summed E-state index contributed by atoms with van der Waals surface area (Å²) in [5, 5.41) is 7.25. The molecular weight excluding hydrogens is 326 g/mol. The molecule has 0 amide bonds. The summed E-state index contributed by atoms with van der Waals surface area (Å²) in [6, 6.07) is 13.5. The zero-order valence-electron chi connectivity index (χ0n) is 14.1. The van der Waals surface area contributed by atoms with Crippen molar-refractivity contribution in [1.82, 2.24) is 10.6 Å². The molecule has 0 aliphatic heterocycles. The van der Waals surface area contributed by atoms with E-state index in [-0.39, 0.29) is 0 Å². The number of nitrogens with one attached hydrogen (secondary N) is 2. The van der Waals surface area contributed by atoms with Gasteiger partial charge >= 0.3 is 0 Å². The Morgan fingerprint density at radius 3 is 2.21 bits per heavy atom. The van der Waals surface area contributed by atoms with Crippen molar-refractivity contribution in [3.63, 3.8) is 0 Å². The Kier molecular flexibility index (Phi) is 6.75. The van der Waals surface area contributed by atoms with Crippen LogP contribution in [0.2, 0.25) is 5.02 Å². The molecule has 0 aromatic heterocycles. The summed E-state index contributed by atoms with van der Waals surface area (Å²) in [6.07, 6.45) is 0. The van der Waals surface area contributed by atoms with Crippen molar-refractivity contribution < 1.29 is 9.47 Å². The first-order valence-electron chi connectivity index (χ1n) is 7.56. The zero-order chi connectivity index (χ0) is 17.4. The monoisotopic (exact) mass is 347 g/mol. The van der Waals surface area contributed by atoms with Crippen LogP contribution in [0.4, 0.5) is 0 Å². The number of guanidine groups is 1. The molecule has 0 bridgehead atoms. The third kappa shape index (κ3) is 5.06. The average molecular weight is 348 g/mol. The normalized spacial score (nSPS) is 11.1. The van der Waals surface area contributed by atoms with Crippen LogP contribution in [0.5, 0.6) is 11.5 Å². The molecular formula is C18H22ClN3O2. The Labute approximate surface area is 147 Å². The van der Waals surface area contributed by atoms with Crippen molar-refractivity contribution in [2.75, 3.05) is 21.3 Å². The number of ether oxygens (including phenoxy) is 2. The second kappa shape index (κ2) is 9.03. The molecule has 0 atom stereocenters. The van der Waals surface area contributed by atoms with E-state index in [1.54, 1.807) is 21.3 Å². The smallest absolute Gasteiger partial charge is 0.191 e. The lowest BCUT2D eigenvalue weighted by atomic mass is 10.2. The minimum Gasteiger partial charge on any atom is -0.493 e. The molecule has 0 aliphatic rings. The van der Waals surface area contributed by atoms with Crippen LogP contribution in [0.3, 0.4) is 0 Å². The highest BCUT2D eigenvalue weighted by Gasteiger charge is 2.05. The highest BCUT2D eigenvalue weighted by molar-refractivity contribution is 6.30. The van der Waals surface area contributed by atoms with Gasteiger partial charge in [-0.2, -0.15) is 0 Å². The van der Waals surface area contributed by atoms with Gasteiger partial charge in [0.05, 0.1) is 14.2 Å². The predicted octanol–water partition coefficient (Wildman–Crippen LogP) is 3.22. The number of aliphatic imine (C=N–C) groups is 1. The minimum atomic E-state index is 0.621. The Morgan fingerprint density at radius 2 is 1.62 bits per heavy atom. The number of hydrogen-bond donors (Lipinski definition) is 2. The molecule has 0 spiro atoms. The van der Waals surface area contributed by atoms with E-state index >= 15 is 0 Å². The van der Waals surface area contributed by atoms with E-state index < -0.39 is 0 Å². The molecule has 2 aromatic carbocycles. The van der Waals surface area contributed by atoms with Crippen molar-refractivity contribution in [1.29, 1.82) is 0 Å². The molecule has 0 aliphatic carbocycles. The molecule has 2 N–H and O–H groups in total. The van der Waals surface area contributed by atoms with Crippen molar-refractivity contribution in [2.24, 2.45) is 4.99 Å². The van der Waals surface area contributed by atoms with Crippen LogP contribution in [-0.2, 0) is 13.1 Å². The van der Waals surface area contributed by atoms with Crippen LogP contribution in [-0.4, -0.2) is 27.2 Å². The first-order chi connectivity index (χ1) is 11.7. The summed E-state index contributed by atoms with van der Waals surface area (Å²) in [4.78, 5) is 4.22. The highest BCUT2D eigenvalue weighted by atomic mass is 35.5. The standard InChI is InChI=1S/C18H22ClN3O2/c1-20-18(21-11-13-5-4-6-15(19)9-13)22-12-14-7-8-16(23-2)17(10-14)24-3/h4-10H,11-12H2,1-3H3,(H2,20,21,22). The van der Waals surface area contributed by atoms with Crippen molar-refractivity contribution in [2.45, 2.75) is 13.1 Å². The van der Waals surface area contributed by atoms with Gasteiger partial charge < -0.3 is 20.1 Å². The summed E-state index contributed by atoms with van der Waals surface area (Å²) in [5.74, 6) is 2.13. The second-order valence-electron chi connectivity index (χ2n) is 5.10. The lowest BCUT2D eigenvalue weighted by Crippen LogP contribution is -2.36. The number of halogens is 1. The van der Waals surface area contributed by atoms with Crippen molar-refractivity contribution >= 4 is 17.6 Å². The van der Waals surface area contributed by atoms with Crippen LogP contribution in [0.15, 0.2) is 47.5 Å². The van der Waals surface area contributed by atoms with E-state index in [4.69, 9.17) is 21.1 Å². The average Bonchev–Trinajstić information content (AvgIpc) is 2.61. The van der Waals surface area contributed by atoms with E-state index in [0.29, 0.717) is 30.5 Å². The Morgan fingerprint density at radius 1 is 0.958 bits per heavy atom. The van der Waals surface area contributed by atoms with E-state index in [2.05, 4.69) is 15.6 Å². The molecule has 0 radical (unpaired) electrons. The van der Waals surface area contributed by atoms with Crippen molar-refractivity contribution in [3.05, 3.63) is 58.6 Å². The fourth-order valence-corrected chi connectivity index (χ4v) is 2.44. The van der Waals surface area contributed by atoms with Gasteiger partial charge in [-0.3, -0.25) is 4.99 Å². The van der Waals surface area contributed by atoms with Crippen LogP contribution in [0, 0.1) is 0 Å². The van der Waals surface area contributed by atoms with Crippen molar-refractivity contribution in [3.8, 4) is 11.5 Å². The van der Waals surface area contributed by atoms with Gasteiger partial charge in [-0.15, -0.1) is 0 Å². The molecule has 6 heteroatoms. The number of methoxy groups -OCH3 is 2. The summed E-state index contributed by atoms with van der Waals surface area (Å²) < 4.78 is 10.6. The molecule has 0 saturated carbocycles. The van der Waals surface area contributed by atoms with E-state index in [9.17, 15) is 0 Å². The third-order valence-corrected chi connectivity index (χ3v) is 3.72. The Balaban J connectivity index is 1.92. The van der Waals surface area contributed by atoms with Gasteiger partial charge in [0.25, 0.3) is 0 Å². The van der Waals surface area contributed by atoms with Gasteiger partial charge in [-0.05, 0) is 35.4 Å². The van der Waals surface area contributed by atoms with E-state index in [1.165, 1.54) is 0 Å². The maximum atomic E-state index is 5.99. The number of rotatable bonds is 6.